The van der Waals surface area contributed by atoms with E-state index in [-0.39, 0.29) is 18.2 Å². The van der Waals surface area contributed by atoms with Crippen molar-refractivity contribution in [1.82, 2.24) is 0 Å². The van der Waals surface area contributed by atoms with Crippen LogP contribution in [0.5, 0.6) is 0 Å². The summed E-state index contributed by atoms with van der Waals surface area (Å²) >= 11 is 0. The van der Waals surface area contributed by atoms with Crippen LogP contribution in [0.2, 0.25) is 0 Å². The maximum atomic E-state index is 11.7. The first-order chi connectivity index (χ1) is 9.47. The second kappa shape index (κ2) is 8.32. The van der Waals surface area contributed by atoms with Gasteiger partial charge in [-0.1, -0.05) is 26.0 Å². The van der Waals surface area contributed by atoms with Gasteiger partial charge in [-0.2, -0.15) is 0 Å². The molecule has 20 heavy (non-hydrogen) atoms. The average Bonchev–Trinajstić information content (AvgIpc) is 2.36. The molecule has 5 heteroatoms. The van der Waals surface area contributed by atoms with Crippen molar-refractivity contribution in [3.63, 3.8) is 0 Å². The number of nitrogens with two attached hydrogens (primary N) is 1. The first kappa shape index (κ1) is 16.2. The van der Waals surface area contributed by atoms with Gasteiger partial charge >= 0.3 is 0 Å². The van der Waals surface area contributed by atoms with E-state index in [9.17, 15) is 9.59 Å². The molecular formula is C15H22N2O3. The third-order valence-electron chi connectivity index (χ3n) is 2.54. The molecule has 0 saturated carbocycles. The molecule has 0 radical (unpaired) electrons. The number of amides is 2. The monoisotopic (exact) mass is 278 g/mol. The van der Waals surface area contributed by atoms with E-state index in [0.717, 1.165) is 5.56 Å². The van der Waals surface area contributed by atoms with Crippen molar-refractivity contribution in [2.24, 2.45) is 11.7 Å². The van der Waals surface area contributed by atoms with Crippen molar-refractivity contribution in [1.29, 1.82) is 0 Å². The Morgan fingerprint density at radius 2 is 1.90 bits per heavy atom. The second-order valence-electron chi connectivity index (χ2n) is 5.11. The summed E-state index contributed by atoms with van der Waals surface area (Å²) in [5.41, 5.74) is 6.64. The van der Waals surface area contributed by atoms with Gasteiger partial charge in [-0.25, -0.2) is 0 Å². The molecule has 0 spiro atoms. The minimum Gasteiger partial charge on any atom is -0.381 e. The van der Waals surface area contributed by atoms with E-state index in [1.165, 1.54) is 0 Å². The fourth-order valence-electron chi connectivity index (χ4n) is 1.61. The highest BCUT2D eigenvalue weighted by Crippen LogP contribution is 2.10. The number of benzene rings is 1. The topological polar surface area (TPSA) is 81.4 Å². The number of hydrogen-bond acceptors (Lipinski definition) is 3. The Kier molecular flexibility index (Phi) is 6.73. The van der Waals surface area contributed by atoms with E-state index < -0.39 is 0 Å². The number of anilines is 1. The zero-order chi connectivity index (χ0) is 15.0. The zero-order valence-electron chi connectivity index (χ0n) is 12.0. The molecule has 0 aliphatic heterocycles. The van der Waals surface area contributed by atoms with Crippen molar-refractivity contribution < 1.29 is 14.3 Å². The number of carbonyl (C=O) groups is 2. The van der Waals surface area contributed by atoms with Gasteiger partial charge in [-0.05, 0) is 23.6 Å². The van der Waals surface area contributed by atoms with Crippen molar-refractivity contribution in [3.05, 3.63) is 29.8 Å². The van der Waals surface area contributed by atoms with Gasteiger partial charge in [0, 0.05) is 12.3 Å². The highest BCUT2D eigenvalue weighted by Gasteiger charge is 2.04. The van der Waals surface area contributed by atoms with E-state index >= 15 is 0 Å². The fraction of sp³-hybridized carbons (Fsp3) is 0.467. The molecule has 5 nitrogen and oxygen atoms in total. The van der Waals surface area contributed by atoms with Crippen LogP contribution in [0, 0.1) is 5.92 Å². The lowest BCUT2D eigenvalue weighted by Gasteiger charge is -2.08. The predicted octanol–water partition coefficient (Wildman–Crippen LogP) is 1.72. The summed E-state index contributed by atoms with van der Waals surface area (Å²) in [7, 11) is 0. The lowest BCUT2D eigenvalue weighted by Crippen LogP contribution is -2.15. The van der Waals surface area contributed by atoms with Gasteiger partial charge in [0.15, 0.2) is 0 Å². The minimum atomic E-state index is -0.371. The number of primary amides is 1. The summed E-state index contributed by atoms with van der Waals surface area (Å²) < 4.78 is 5.35. The Labute approximate surface area is 119 Å². The SMILES string of the molecule is CC(C)COCCC(=O)Nc1ccc(CC(N)=O)cc1. The molecule has 0 heterocycles. The summed E-state index contributed by atoms with van der Waals surface area (Å²) in [5, 5.41) is 2.78. The number of ether oxygens (including phenoxy) is 1. The molecule has 0 bridgehead atoms. The molecule has 3 N–H and O–H groups in total. The molecule has 0 unspecified atom stereocenters. The normalized spacial score (nSPS) is 10.6. The van der Waals surface area contributed by atoms with E-state index in [2.05, 4.69) is 19.2 Å². The van der Waals surface area contributed by atoms with Crippen LogP contribution in [-0.2, 0) is 20.7 Å². The lowest BCUT2D eigenvalue weighted by atomic mass is 10.1. The largest absolute Gasteiger partial charge is 0.381 e. The van der Waals surface area contributed by atoms with Gasteiger partial charge in [0.25, 0.3) is 0 Å². The smallest absolute Gasteiger partial charge is 0.226 e. The summed E-state index contributed by atoms with van der Waals surface area (Å²) in [5.74, 6) is 0.0105. The van der Waals surface area contributed by atoms with Crippen LogP contribution in [0.15, 0.2) is 24.3 Å². The van der Waals surface area contributed by atoms with Crippen LogP contribution in [0.3, 0.4) is 0 Å². The van der Waals surface area contributed by atoms with E-state index in [1.54, 1.807) is 24.3 Å². The van der Waals surface area contributed by atoms with Crippen LogP contribution in [0.4, 0.5) is 5.69 Å². The predicted molar refractivity (Wildman–Crippen MR) is 78.2 cm³/mol. The standard InChI is InChI=1S/C15H22N2O3/c1-11(2)10-20-8-7-15(19)17-13-5-3-12(4-6-13)9-14(16)18/h3-6,11H,7-10H2,1-2H3,(H2,16,18)(H,17,19). The Balaban J connectivity index is 2.33. The van der Waals surface area contributed by atoms with Crippen molar-refractivity contribution in [2.75, 3.05) is 18.5 Å². The van der Waals surface area contributed by atoms with Crippen molar-refractivity contribution in [3.8, 4) is 0 Å². The molecular weight excluding hydrogens is 256 g/mol. The Bertz CT molecular complexity index is 441. The first-order valence-corrected chi connectivity index (χ1v) is 6.72. The Morgan fingerprint density at radius 1 is 1.25 bits per heavy atom. The van der Waals surface area contributed by atoms with Crippen molar-refractivity contribution >= 4 is 17.5 Å². The number of hydrogen-bond donors (Lipinski definition) is 2. The quantitative estimate of drug-likeness (QED) is 0.710. The van der Waals surface area contributed by atoms with Crippen molar-refractivity contribution in [2.45, 2.75) is 26.7 Å². The first-order valence-electron chi connectivity index (χ1n) is 6.72. The van der Waals surface area contributed by atoms with Gasteiger partial charge in [-0.3, -0.25) is 9.59 Å². The minimum absolute atomic E-state index is 0.0867. The molecule has 0 aromatic heterocycles. The van der Waals surface area contributed by atoms with E-state index in [4.69, 9.17) is 10.5 Å². The Morgan fingerprint density at radius 3 is 2.45 bits per heavy atom. The van der Waals surface area contributed by atoms with Gasteiger partial charge in [0.1, 0.15) is 0 Å². The van der Waals surface area contributed by atoms with Crippen LogP contribution in [0.25, 0.3) is 0 Å². The second-order valence-corrected chi connectivity index (χ2v) is 5.11. The number of rotatable bonds is 8. The summed E-state index contributed by atoms with van der Waals surface area (Å²) in [4.78, 5) is 22.4. The lowest BCUT2D eigenvalue weighted by molar-refractivity contribution is -0.118. The van der Waals surface area contributed by atoms with Crippen LogP contribution >= 0.6 is 0 Å². The van der Waals surface area contributed by atoms with Crippen LogP contribution in [-0.4, -0.2) is 25.0 Å². The summed E-state index contributed by atoms with van der Waals surface area (Å²) in [6, 6.07) is 7.06. The third-order valence-corrected chi connectivity index (χ3v) is 2.54. The van der Waals surface area contributed by atoms with Crippen LogP contribution < -0.4 is 11.1 Å². The molecule has 0 aliphatic rings. The number of carbonyl (C=O) groups excluding carboxylic acids is 2. The molecule has 0 fully saturated rings. The van der Waals surface area contributed by atoms with Crippen LogP contribution in [0.1, 0.15) is 25.8 Å². The highest BCUT2D eigenvalue weighted by molar-refractivity contribution is 5.90. The molecule has 0 saturated heterocycles. The van der Waals surface area contributed by atoms with Gasteiger partial charge in [0.05, 0.1) is 19.4 Å². The molecule has 2 amide bonds. The van der Waals surface area contributed by atoms with E-state index in [1.807, 2.05) is 0 Å². The molecule has 0 atom stereocenters. The molecule has 0 aliphatic carbocycles. The van der Waals surface area contributed by atoms with Gasteiger partial charge in [-0.15, -0.1) is 0 Å². The molecule has 1 aromatic carbocycles. The third kappa shape index (κ3) is 6.89. The highest BCUT2D eigenvalue weighted by atomic mass is 16.5. The maximum absolute atomic E-state index is 11.7. The molecule has 1 aromatic rings. The summed E-state index contributed by atoms with van der Waals surface area (Å²) in [6.07, 6.45) is 0.535. The Hall–Kier alpha value is -1.88. The van der Waals surface area contributed by atoms with Gasteiger partial charge in [0.2, 0.25) is 11.8 Å². The zero-order valence-corrected chi connectivity index (χ0v) is 12.0. The molecule has 110 valence electrons. The van der Waals surface area contributed by atoms with Gasteiger partial charge < -0.3 is 15.8 Å². The summed E-state index contributed by atoms with van der Waals surface area (Å²) in [6.45, 7) is 5.21. The van der Waals surface area contributed by atoms with E-state index in [0.29, 0.717) is 31.2 Å². The average molecular weight is 278 g/mol. The number of nitrogens with one attached hydrogen (secondary N) is 1. The fourth-order valence-corrected chi connectivity index (χ4v) is 1.61. The maximum Gasteiger partial charge on any atom is 0.226 e. The molecule has 1 rings (SSSR count).